The van der Waals surface area contributed by atoms with Gasteiger partial charge in [0.15, 0.2) is 0 Å². The average molecular weight is 437 g/mol. The van der Waals surface area contributed by atoms with Gasteiger partial charge in [0.1, 0.15) is 24.0 Å². The van der Waals surface area contributed by atoms with E-state index in [1.165, 1.54) is 18.2 Å². The van der Waals surface area contributed by atoms with Crippen LogP contribution in [0.15, 0.2) is 67.0 Å². The molecule has 0 spiro atoms. The minimum Gasteiger partial charge on any atom is -0.489 e. The quantitative estimate of drug-likeness (QED) is 0.564. The second kappa shape index (κ2) is 10.3. The summed E-state index contributed by atoms with van der Waals surface area (Å²) < 4.78 is 33.2. The van der Waals surface area contributed by atoms with Crippen molar-refractivity contribution in [1.29, 1.82) is 0 Å². The van der Waals surface area contributed by atoms with E-state index >= 15 is 0 Å². The van der Waals surface area contributed by atoms with Crippen molar-refractivity contribution in [2.75, 3.05) is 26.2 Å². The summed E-state index contributed by atoms with van der Waals surface area (Å²) in [5, 5.41) is 0. The van der Waals surface area contributed by atoms with E-state index < -0.39 is 11.6 Å². The van der Waals surface area contributed by atoms with Gasteiger partial charge < -0.3 is 9.64 Å². The van der Waals surface area contributed by atoms with Crippen LogP contribution in [0.25, 0.3) is 0 Å². The van der Waals surface area contributed by atoms with Crippen molar-refractivity contribution in [3.05, 3.63) is 95.3 Å². The highest BCUT2D eigenvalue weighted by molar-refractivity contribution is 5.78. The molecule has 4 rings (SSSR count). The van der Waals surface area contributed by atoms with Gasteiger partial charge in [-0.1, -0.05) is 24.3 Å². The van der Waals surface area contributed by atoms with Gasteiger partial charge in [-0.25, -0.2) is 8.78 Å². The van der Waals surface area contributed by atoms with Crippen molar-refractivity contribution >= 4 is 5.91 Å². The van der Waals surface area contributed by atoms with Crippen LogP contribution in [0.2, 0.25) is 0 Å². The van der Waals surface area contributed by atoms with Crippen LogP contribution in [0.3, 0.4) is 0 Å². The molecule has 0 radical (unpaired) electrons. The number of carbonyl (C=O) groups excluding carboxylic acids is 1. The molecular weight excluding hydrogens is 412 g/mol. The lowest BCUT2D eigenvalue weighted by molar-refractivity contribution is -0.132. The number of nitrogens with zero attached hydrogens (tertiary/aromatic N) is 3. The van der Waals surface area contributed by atoms with Gasteiger partial charge in [0.2, 0.25) is 5.91 Å². The lowest BCUT2D eigenvalue weighted by Gasteiger charge is -2.34. The van der Waals surface area contributed by atoms with Crippen LogP contribution in [-0.4, -0.2) is 46.9 Å². The zero-order valence-electron chi connectivity index (χ0n) is 17.7. The van der Waals surface area contributed by atoms with E-state index in [9.17, 15) is 13.6 Å². The summed E-state index contributed by atoms with van der Waals surface area (Å²) >= 11 is 0. The Balaban J connectivity index is 1.27. The summed E-state index contributed by atoms with van der Waals surface area (Å²) in [6, 6.07) is 15.1. The summed E-state index contributed by atoms with van der Waals surface area (Å²) in [7, 11) is 0. The van der Waals surface area contributed by atoms with Gasteiger partial charge in [0.25, 0.3) is 0 Å². The Hall–Kier alpha value is -3.32. The predicted molar refractivity (Wildman–Crippen MR) is 117 cm³/mol. The molecule has 0 aliphatic carbocycles. The maximum Gasteiger partial charge on any atom is 0.227 e. The zero-order valence-corrected chi connectivity index (χ0v) is 17.7. The summed E-state index contributed by atoms with van der Waals surface area (Å²) in [4.78, 5) is 20.8. The number of halogens is 2. The number of pyridine rings is 1. The molecule has 0 unspecified atom stereocenters. The first-order valence-electron chi connectivity index (χ1n) is 10.6. The van der Waals surface area contributed by atoms with Gasteiger partial charge in [-0.05, 0) is 41.5 Å². The highest BCUT2D eigenvalue weighted by Gasteiger charge is 2.21. The molecule has 1 fully saturated rings. The van der Waals surface area contributed by atoms with E-state index in [1.54, 1.807) is 18.5 Å². The summed E-state index contributed by atoms with van der Waals surface area (Å²) in [6.07, 6.45) is 3.80. The average Bonchev–Trinajstić information content (AvgIpc) is 2.80. The largest absolute Gasteiger partial charge is 0.489 e. The number of carbonyl (C=O) groups is 1. The molecule has 32 heavy (non-hydrogen) atoms. The number of aromatic nitrogens is 1. The molecule has 1 saturated heterocycles. The number of piperazine rings is 1. The zero-order chi connectivity index (χ0) is 22.3. The first-order chi connectivity index (χ1) is 15.6. The normalized spacial score (nSPS) is 14.4. The third-order valence-corrected chi connectivity index (χ3v) is 5.55. The molecule has 2 heterocycles. The van der Waals surface area contributed by atoms with Crippen LogP contribution in [0, 0.1) is 11.6 Å². The Morgan fingerprint density at radius 1 is 0.938 bits per heavy atom. The maximum absolute atomic E-state index is 13.8. The van der Waals surface area contributed by atoms with Gasteiger partial charge in [-0.2, -0.15) is 0 Å². The third kappa shape index (κ3) is 5.68. The Morgan fingerprint density at radius 3 is 2.38 bits per heavy atom. The molecular formula is C25H25F2N3O2. The number of amides is 1. The number of benzene rings is 2. The minimum absolute atomic E-state index is 0.0787. The van der Waals surface area contributed by atoms with Gasteiger partial charge in [-0.3, -0.25) is 14.7 Å². The Kier molecular flexibility index (Phi) is 7.07. The molecule has 0 saturated carbocycles. The second-order valence-electron chi connectivity index (χ2n) is 7.83. The molecule has 0 atom stereocenters. The first kappa shape index (κ1) is 21.9. The van der Waals surface area contributed by atoms with E-state index in [0.29, 0.717) is 25.3 Å². The van der Waals surface area contributed by atoms with E-state index in [4.69, 9.17) is 4.74 Å². The molecule has 1 aliphatic heterocycles. The van der Waals surface area contributed by atoms with Gasteiger partial charge >= 0.3 is 0 Å². The summed E-state index contributed by atoms with van der Waals surface area (Å²) in [5.74, 6) is -0.543. The minimum atomic E-state index is -0.614. The number of ether oxygens (including phenoxy) is 1. The van der Waals surface area contributed by atoms with Crippen molar-refractivity contribution in [2.24, 2.45) is 0 Å². The molecule has 166 valence electrons. The van der Waals surface area contributed by atoms with Crippen molar-refractivity contribution < 1.29 is 18.3 Å². The SMILES string of the molecule is O=C(Cc1cccnc1)N1CCN(Cc2cccc(OCc3c(F)cccc3F)c2)CC1. The van der Waals surface area contributed by atoms with Crippen molar-refractivity contribution in [3.63, 3.8) is 0 Å². The van der Waals surface area contributed by atoms with Crippen LogP contribution in [-0.2, 0) is 24.4 Å². The van der Waals surface area contributed by atoms with Crippen molar-refractivity contribution in [3.8, 4) is 5.75 Å². The molecule has 7 heteroatoms. The number of rotatable bonds is 7. The molecule has 5 nitrogen and oxygen atoms in total. The van der Waals surface area contributed by atoms with Crippen LogP contribution in [0.5, 0.6) is 5.75 Å². The third-order valence-electron chi connectivity index (χ3n) is 5.55. The molecule has 1 amide bonds. The molecule has 1 aliphatic rings. The van der Waals surface area contributed by atoms with Crippen LogP contribution in [0.4, 0.5) is 8.78 Å². The van der Waals surface area contributed by atoms with Gasteiger partial charge in [0.05, 0.1) is 12.0 Å². The van der Waals surface area contributed by atoms with E-state index in [0.717, 1.165) is 30.8 Å². The van der Waals surface area contributed by atoms with Crippen LogP contribution < -0.4 is 4.74 Å². The van der Waals surface area contributed by atoms with E-state index in [2.05, 4.69) is 9.88 Å². The van der Waals surface area contributed by atoms with Crippen molar-refractivity contribution in [2.45, 2.75) is 19.6 Å². The fourth-order valence-corrected chi connectivity index (χ4v) is 3.76. The summed E-state index contributed by atoms with van der Waals surface area (Å²) in [6.45, 7) is 3.48. The smallest absolute Gasteiger partial charge is 0.227 e. The number of hydrogen-bond acceptors (Lipinski definition) is 4. The monoisotopic (exact) mass is 437 g/mol. The maximum atomic E-state index is 13.8. The first-order valence-corrected chi connectivity index (χ1v) is 10.6. The standard InChI is InChI=1S/C25H25F2N3O2/c26-23-7-2-8-24(27)22(23)18-32-21-6-1-4-20(14-21)17-29-10-12-30(13-11-29)25(31)15-19-5-3-9-28-16-19/h1-9,14,16H,10-13,15,17-18H2. The lowest BCUT2D eigenvalue weighted by atomic mass is 10.1. The highest BCUT2D eigenvalue weighted by atomic mass is 19.1. The van der Waals surface area contributed by atoms with Crippen LogP contribution in [0.1, 0.15) is 16.7 Å². The lowest BCUT2D eigenvalue weighted by Crippen LogP contribution is -2.48. The molecule has 2 aromatic carbocycles. The summed E-state index contributed by atoms with van der Waals surface area (Å²) in [5.41, 5.74) is 1.89. The van der Waals surface area contributed by atoms with E-state index in [-0.39, 0.29) is 18.1 Å². The fourth-order valence-electron chi connectivity index (χ4n) is 3.76. The topological polar surface area (TPSA) is 45.7 Å². The fraction of sp³-hybridized carbons (Fsp3) is 0.280. The number of hydrogen-bond donors (Lipinski definition) is 0. The van der Waals surface area contributed by atoms with E-state index in [1.807, 2.05) is 35.2 Å². The Morgan fingerprint density at radius 2 is 1.66 bits per heavy atom. The molecule has 1 aromatic heterocycles. The molecule has 0 bridgehead atoms. The Bertz CT molecular complexity index is 1030. The van der Waals surface area contributed by atoms with Gasteiger partial charge in [-0.15, -0.1) is 0 Å². The van der Waals surface area contributed by atoms with Gasteiger partial charge in [0, 0.05) is 45.1 Å². The van der Waals surface area contributed by atoms with Crippen molar-refractivity contribution in [1.82, 2.24) is 14.8 Å². The molecule has 3 aromatic rings. The predicted octanol–water partition coefficient (Wildman–Crippen LogP) is 3.83. The second-order valence-corrected chi connectivity index (χ2v) is 7.83. The highest BCUT2D eigenvalue weighted by Crippen LogP contribution is 2.19. The Labute approximate surface area is 186 Å². The molecule has 0 N–H and O–H groups in total. The van der Waals surface area contributed by atoms with Crippen LogP contribution >= 0.6 is 0 Å².